The van der Waals surface area contributed by atoms with Gasteiger partial charge in [0.15, 0.2) is 8.68 Å². The Morgan fingerprint density at radius 2 is 2.25 bits per heavy atom. The second-order valence-electron chi connectivity index (χ2n) is 2.88. The van der Waals surface area contributed by atoms with Crippen LogP contribution in [0.1, 0.15) is 12.1 Å². The van der Waals surface area contributed by atoms with Gasteiger partial charge in [0, 0.05) is 6.54 Å². The van der Waals surface area contributed by atoms with Gasteiger partial charge < -0.3 is 5.11 Å². The van der Waals surface area contributed by atoms with Crippen LogP contribution in [0.25, 0.3) is 0 Å². The normalized spacial score (nSPS) is 11.6. The number of nitrogens with zero attached hydrogens (tertiary/aromatic N) is 1. The fourth-order valence-corrected chi connectivity index (χ4v) is 3.77. The molecule has 6 nitrogen and oxygen atoms in total. The van der Waals surface area contributed by atoms with Gasteiger partial charge in [-0.3, -0.25) is 4.79 Å². The summed E-state index contributed by atoms with van der Waals surface area (Å²) in [6.07, 6.45) is -0.273. The molecule has 0 aromatic carbocycles. The number of rotatable bonds is 5. The molecular weight excluding hydrogens is 276 g/mol. The van der Waals surface area contributed by atoms with Crippen molar-refractivity contribution >= 4 is 38.9 Å². The molecule has 1 aromatic rings. The van der Waals surface area contributed by atoms with E-state index in [0.29, 0.717) is 5.69 Å². The van der Waals surface area contributed by atoms with Gasteiger partial charge in [0.1, 0.15) is 0 Å². The third-order valence-corrected chi connectivity index (χ3v) is 4.94. The van der Waals surface area contributed by atoms with E-state index in [4.69, 9.17) is 16.7 Å². The van der Waals surface area contributed by atoms with Crippen molar-refractivity contribution in [3.8, 4) is 0 Å². The van der Waals surface area contributed by atoms with Gasteiger partial charge in [-0.05, 0) is 6.92 Å². The third-order valence-electron chi connectivity index (χ3n) is 1.60. The molecule has 16 heavy (non-hydrogen) atoms. The van der Waals surface area contributed by atoms with Gasteiger partial charge in [-0.2, -0.15) is 0 Å². The van der Waals surface area contributed by atoms with E-state index in [1.807, 2.05) is 0 Å². The van der Waals surface area contributed by atoms with Crippen LogP contribution in [0.5, 0.6) is 0 Å². The highest BCUT2D eigenvalue weighted by Crippen LogP contribution is 2.26. The average molecular weight is 285 g/mol. The van der Waals surface area contributed by atoms with E-state index in [1.165, 1.54) is 6.92 Å². The van der Waals surface area contributed by atoms with Gasteiger partial charge >= 0.3 is 5.97 Å². The minimum atomic E-state index is -3.71. The van der Waals surface area contributed by atoms with Crippen molar-refractivity contribution in [3.63, 3.8) is 0 Å². The van der Waals surface area contributed by atoms with Gasteiger partial charge in [-0.25, -0.2) is 18.1 Å². The van der Waals surface area contributed by atoms with Gasteiger partial charge in [-0.15, -0.1) is 0 Å². The first kappa shape index (κ1) is 13.4. The number of thiazole rings is 1. The fraction of sp³-hybridized carbons (Fsp3) is 0.429. The van der Waals surface area contributed by atoms with Crippen LogP contribution in [-0.2, 0) is 14.8 Å². The van der Waals surface area contributed by atoms with Crippen LogP contribution in [0.15, 0.2) is 4.21 Å². The number of aliphatic carboxylic acids is 1. The molecule has 0 saturated carbocycles. The van der Waals surface area contributed by atoms with Gasteiger partial charge in [0.25, 0.3) is 10.0 Å². The number of hydrogen-bond acceptors (Lipinski definition) is 5. The Bertz CT molecular complexity index is 496. The highest BCUT2D eigenvalue weighted by Gasteiger charge is 2.21. The smallest absolute Gasteiger partial charge is 0.304 e. The van der Waals surface area contributed by atoms with E-state index in [9.17, 15) is 13.2 Å². The molecule has 0 aliphatic rings. The van der Waals surface area contributed by atoms with E-state index < -0.39 is 16.0 Å². The number of aryl methyl sites for hydroxylation is 1. The van der Waals surface area contributed by atoms with Gasteiger partial charge in [0.05, 0.1) is 12.1 Å². The Balaban J connectivity index is 2.78. The van der Waals surface area contributed by atoms with Gasteiger partial charge in [0.2, 0.25) is 0 Å². The Morgan fingerprint density at radius 1 is 1.62 bits per heavy atom. The van der Waals surface area contributed by atoms with Crippen molar-refractivity contribution in [2.24, 2.45) is 0 Å². The number of aromatic nitrogens is 1. The lowest BCUT2D eigenvalue weighted by Gasteiger charge is -2.02. The molecule has 2 N–H and O–H groups in total. The zero-order valence-electron chi connectivity index (χ0n) is 8.23. The maximum absolute atomic E-state index is 11.7. The summed E-state index contributed by atoms with van der Waals surface area (Å²) in [7, 11) is -3.71. The van der Waals surface area contributed by atoms with Crippen LogP contribution in [-0.4, -0.2) is 31.0 Å². The van der Waals surface area contributed by atoms with Crippen LogP contribution in [0.3, 0.4) is 0 Å². The molecule has 0 saturated heterocycles. The Morgan fingerprint density at radius 3 is 2.69 bits per heavy atom. The largest absolute Gasteiger partial charge is 0.481 e. The summed E-state index contributed by atoms with van der Waals surface area (Å²) in [6.45, 7) is 1.36. The summed E-state index contributed by atoms with van der Waals surface area (Å²) < 4.78 is 25.6. The molecule has 0 fully saturated rings. The lowest BCUT2D eigenvalue weighted by Crippen LogP contribution is -2.26. The lowest BCUT2D eigenvalue weighted by molar-refractivity contribution is -0.136. The monoisotopic (exact) mass is 284 g/mol. The molecule has 90 valence electrons. The maximum atomic E-state index is 11.7. The topological polar surface area (TPSA) is 96.4 Å². The first-order valence-electron chi connectivity index (χ1n) is 4.17. The molecule has 1 rings (SSSR count). The van der Waals surface area contributed by atoms with Crippen molar-refractivity contribution in [1.29, 1.82) is 0 Å². The zero-order valence-corrected chi connectivity index (χ0v) is 10.6. The minimum absolute atomic E-state index is 0.0166. The lowest BCUT2D eigenvalue weighted by atomic mass is 10.5. The standard InChI is InChI=1S/C7H9ClN2O4S2/c1-4-6(15-7(8)10-4)16(13,14)9-3-2-5(11)12/h9H,2-3H2,1H3,(H,11,12). The summed E-state index contributed by atoms with van der Waals surface area (Å²) in [4.78, 5) is 14.0. The number of carbonyl (C=O) groups is 1. The highest BCUT2D eigenvalue weighted by molar-refractivity contribution is 7.91. The number of carboxylic acids is 1. The maximum Gasteiger partial charge on any atom is 0.304 e. The zero-order chi connectivity index (χ0) is 12.3. The molecule has 0 amide bonds. The van der Waals surface area contributed by atoms with Crippen molar-refractivity contribution < 1.29 is 18.3 Å². The van der Waals surface area contributed by atoms with E-state index in [2.05, 4.69) is 9.71 Å². The molecule has 0 unspecified atom stereocenters. The second-order valence-corrected chi connectivity index (χ2v) is 6.42. The number of sulfonamides is 1. The van der Waals surface area contributed by atoms with Crippen molar-refractivity contribution in [3.05, 3.63) is 10.2 Å². The van der Waals surface area contributed by atoms with Crippen molar-refractivity contribution in [2.45, 2.75) is 17.6 Å². The Hall–Kier alpha value is -0.700. The van der Waals surface area contributed by atoms with Crippen LogP contribution in [0, 0.1) is 6.92 Å². The minimum Gasteiger partial charge on any atom is -0.481 e. The Kier molecular flexibility index (Phi) is 4.25. The Labute approximate surface area is 101 Å². The highest BCUT2D eigenvalue weighted by atomic mass is 35.5. The van der Waals surface area contributed by atoms with Crippen LogP contribution >= 0.6 is 22.9 Å². The first-order chi connectivity index (χ1) is 7.33. The molecule has 1 heterocycles. The van der Waals surface area contributed by atoms with Crippen molar-refractivity contribution in [1.82, 2.24) is 9.71 Å². The van der Waals surface area contributed by atoms with E-state index in [0.717, 1.165) is 11.3 Å². The first-order valence-corrected chi connectivity index (χ1v) is 6.85. The van der Waals surface area contributed by atoms with E-state index in [-0.39, 0.29) is 21.6 Å². The molecule has 0 spiro atoms. The van der Waals surface area contributed by atoms with Crippen LogP contribution in [0.2, 0.25) is 4.47 Å². The molecule has 0 aliphatic heterocycles. The number of nitrogens with one attached hydrogen (secondary N) is 1. The molecule has 0 atom stereocenters. The summed E-state index contributed by atoms with van der Waals surface area (Å²) in [5, 5.41) is 8.37. The van der Waals surface area contributed by atoms with Crippen molar-refractivity contribution in [2.75, 3.05) is 6.54 Å². The molecule has 0 bridgehead atoms. The van der Waals surface area contributed by atoms with E-state index >= 15 is 0 Å². The second kappa shape index (κ2) is 5.09. The summed E-state index contributed by atoms with van der Waals surface area (Å²) >= 11 is 6.41. The predicted molar refractivity (Wildman–Crippen MR) is 59.3 cm³/mol. The fourth-order valence-electron chi connectivity index (χ4n) is 0.958. The SMILES string of the molecule is Cc1nc(Cl)sc1S(=O)(=O)NCCC(=O)O. The molecular formula is C7H9ClN2O4S2. The molecule has 0 radical (unpaired) electrons. The molecule has 1 aromatic heterocycles. The third kappa shape index (κ3) is 3.41. The summed E-state index contributed by atoms with van der Waals surface area (Å²) in [5.74, 6) is -1.07. The summed E-state index contributed by atoms with van der Waals surface area (Å²) in [6, 6.07) is 0. The molecule has 0 aliphatic carbocycles. The van der Waals surface area contributed by atoms with Crippen LogP contribution < -0.4 is 4.72 Å². The quantitative estimate of drug-likeness (QED) is 0.836. The van der Waals surface area contributed by atoms with E-state index in [1.54, 1.807) is 0 Å². The number of halogens is 1. The molecule has 9 heteroatoms. The van der Waals surface area contributed by atoms with Crippen LogP contribution in [0.4, 0.5) is 0 Å². The number of carboxylic acid groups (broad SMARTS) is 1. The predicted octanol–water partition coefficient (Wildman–Crippen LogP) is 0.858. The van der Waals surface area contributed by atoms with Gasteiger partial charge in [-0.1, -0.05) is 22.9 Å². The summed E-state index contributed by atoms with van der Waals surface area (Å²) in [5.41, 5.74) is 0.304. The average Bonchev–Trinajstić information content (AvgIpc) is 2.44. The number of hydrogen-bond donors (Lipinski definition) is 2.